The lowest BCUT2D eigenvalue weighted by atomic mass is 10.2. The van der Waals surface area contributed by atoms with Gasteiger partial charge in [0.15, 0.2) is 0 Å². The van der Waals surface area contributed by atoms with E-state index in [0.717, 1.165) is 5.69 Å². The Hall–Kier alpha value is -1.20. The quantitative estimate of drug-likeness (QED) is 0.807. The van der Waals surface area contributed by atoms with Crippen LogP contribution in [-0.4, -0.2) is 40.9 Å². The molecule has 0 aliphatic heterocycles. The minimum absolute atomic E-state index is 0.00921. The summed E-state index contributed by atoms with van der Waals surface area (Å²) < 4.78 is 0. The van der Waals surface area contributed by atoms with Gasteiger partial charge in [-0.3, -0.25) is 9.69 Å². The molecule has 1 aromatic rings. The van der Waals surface area contributed by atoms with Crippen molar-refractivity contribution in [2.45, 2.75) is 27.3 Å². The van der Waals surface area contributed by atoms with E-state index in [2.05, 4.69) is 29.1 Å². The zero-order valence-electron chi connectivity index (χ0n) is 11.9. The second-order valence-corrected chi connectivity index (χ2v) is 5.51. The summed E-state index contributed by atoms with van der Waals surface area (Å²) in [5.74, 6) is 1.09. The monoisotopic (exact) mass is 284 g/mol. The summed E-state index contributed by atoms with van der Waals surface area (Å²) in [4.78, 5) is 21.9. The van der Waals surface area contributed by atoms with E-state index in [4.69, 9.17) is 11.6 Å². The highest BCUT2D eigenvalue weighted by Gasteiger charge is 2.09. The van der Waals surface area contributed by atoms with Crippen molar-refractivity contribution < 1.29 is 4.79 Å². The second kappa shape index (κ2) is 7.40. The van der Waals surface area contributed by atoms with Crippen LogP contribution < -0.4 is 5.32 Å². The summed E-state index contributed by atoms with van der Waals surface area (Å²) in [6, 6.07) is 1.71. The van der Waals surface area contributed by atoms with Crippen molar-refractivity contribution in [1.29, 1.82) is 0 Å². The van der Waals surface area contributed by atoms with Crippen LogP contribution in [0.4, 0.5) is 0 Å². The maximum atomic E-state index is 11.7. The highest BCUT2D eigenvalue weighted by Crippen LogP contribution is 2.07. The van der Waals surface area contributed by atoms with Gasteiger partial charge < -0.3 is 5.32 Å². The summed E-state index contributed by atoms with van der Waals surface area (Å²) in [6.45, 7) is 7.50. The Bertz CT molecular complexity index is 416. The molecule has 0 fully saturated rings. The average molecular weight is 285 g/mol. The number of nitrogens with one attached hydrogen (secondary N) is 1. The highest BCUT2D eigenvalue weighted by molar-refractivity contribution is 6.29. The van der Waals surface area contributed by atoms with E-state index in [1.54, 1.807) is 6.07 Å². The smallest absolute Gasteiger partial charge is 0.234 e. The van der Waals surface area contributed by atoms with Gasteiger partial charge >= 0.3 is 0 Å². The van der Waals surface area contributed by atoms with Crippen molar-refractivity contribution in [2.75, 3.05) is 20.1 Å². The van der Waals surface area contributed by atoms with E-state index in [9.17, 15) is 4.79 Å². The highest BCUT2D eigenvalue weighted by atomic mass is 35.5. The molecule has 106 valence electrons. The molecule has 0 aliphatic rings. The third kappa shape index (κ3) is 6.50. The number of carbonyl (C=O) groups is 1. The Morgan fingerprint density at radius 2 is 2.16 bits per heavy atom. The molecule has 0 bridgehead atoms. The molecule has 0 radical (unpaired) electrons. The van der Waals surface area contributed by atoms with Crippen molar-refractivity contribution in [3.63, 3.8) is 0 Å². The maximum Gasteiger partial charge on any atom is 0.234 e. The number of hydrogen-bond acceptors (Lipinski definition) is 4. The van der Waals surface area contributed by atoms with Gasteiger partial charge in [-0.05, 0) is 26.0 Å². The fourth-order valence-corrected chi connectivity index (χ4v) is 1.83. The molecule has 1 amide bonds. The third-order valence-corrected chi connectivity index (χ3v) is 2.60. The van der Waals surface area contributed by atoms with Gasteiger partial charge in [0.1, 0.15) is 11.0 Å². The van der Waals surface area contributed by atoms with E-state index >= 15 is 0 Å². The number of aryl methyl sites for hydroxylation is 1. The molecule has 5 nitrogen and oxygen atoms in total. The van der Waals surface area contributed by atoms with Gasteiger partial charge in [-0.2, -0.15) is 0 Å². The lowest BCUT2D eigenvalue weighted by Crippen LogP contribution is -2.36. The van der Waals surface area contributed by atoms with Gasteiger partial charge in [0, 0.05) is 12.2 Å². The summed E-state index contributed by atoms with van der Waals surface area (Å²) in [5.41, 5.74) is 0.827. The lowest BCUT2D eigenvalue weighted by molar-refractivity contribution is -0.122. The fraction of sp³-hybridized carbons (Fsp3) is 0.615. The van der Waals surface area contributed by atoms with E-state index < -0.39 is 0 Å². The summed E-state index contributed by atoms with van der Waals surface area (Å²) in [5, 5.41) is 3.30. The Morgan fingerprint density at radius 3 is 2.74 bits per heavy atom. The van der Waals surface area contributed by atoms with Crippen molar-refractivity contribution >= 4 is 17.5 Å². The van der Waals surface area contributed by atoms with E-state index in [-0.39, 0.29) is 5.91 Å². The molecule has 1 N–H and O–H groups in total. The Balaban J connectivity index is 2.46. The van der Waals surface area contributed by atoms with Crippen molar-refractivity contribution in [3.05, 3.63) is 22.7 Å². The van der Waals surface area contributed by atoms with Gasteiger partial charge in [-0.25, -0.2) is 9.97 Å². The summed E-state index contributed by atoms with van der Waals surface area (Å²) in [7, 11) is 1.86. The van der Waals surface area contributed by atoms with E-state index in [1.165, 1.54) is 0 Å². The molecule has 0 aromatic carbocycles. The molecule has 19 heavy (non-hydrogen) atoms. The first kappa shape index (κ1) is 15.9. The number of likely N-dealkylation sites (N-methyl/N-ethyl adjacent to an activating group) is 1. The lowest BCUT2D eigenvalue weighted by Gasteiger charge is -2.16. The van der Waals surface area contributed by atoms with Crippen molar-refractivity contribution in [2.24, 2.45) is 5.92 Å². The van der Waals surface area contributed by atoms with Crippen LogP contribution >= 0.6 is 11.6 Å². The second-order valence-electron chi connectivity index (χ2n) is 5.12. The molecule has 0 aliphatic carbocycles. The van der Waals surface area contributed by atoms with Crippen LogP contribution in [0.3, 0.4) is 0 Å². The predicted molar refractivity (Wildman–Crippen MR) is 76.0 cm³/mol. The topological polar surface area (TPSA) is 58.1 Å². The van der Waals surface area contributed by atoms with Crippen LogP contribution in [0.25, 0.3) is 0 Å². The van der Waals surface area contributed by atoms with Gasteiger partial charge in [0.05, 0.1) is 13.1 Å². The molecule has 1 rings (SSSR count). The molecule has 0 unspecified atom stereocenters. The first-order valence-corrected chi connectivity index (χ1v) is 6.70. The summed E-state index contributed by atoms with van der Waals surface area (Å²) >= 11 is 5.87. The van der Waals surface area contributed by atoms with Crippen molar-refractivity contribution in [3.8, 4) is 0 Å². The zero-order chi connectivity index (χ0) is 14.4. The normalized spacial score (nSPS) is 11.1. The average Bonchev–Trinajstić information content (AvgIpc) is 2.24. The van der Waals surface area contributed by atoms with Gasteiger partial charge in [0.2, 0.25) is 5.91 Å². The molecule has 6 heteroatoms. The Morgan fingerprint density at radius 1 is 1.47 bits per heavy atom. The Kier molecular flexibility index (Phi) is 6.18. The SMILES string of the molecule is Cc1cc(Cl)nc(CN(C)CC(=O)NCC(C)C)n1. The van der Waals surface area contributed by atoms with Gasteiger partial charge in [-0.15, -0.1) is 0 Å². The largest absolute Gasteiger partial charge is 0.355 e. The first-order valence-electron chi connectivity index (χ1n) is 6.32. The minimum Gasteiger partial charge on any atom is -0.355 e. The van der Waals surface area contributed by atoms with E-state index in [0.29, 0.717) is 36.5 Å². The molecule has 1 aromatic heterocycles. The number of nitrogens with zero attached hydrogens (tertiary/aromatic N) is 3. The molecular formula is C13H21ClN4O. The molecular weight excluding hydrogens is 264 g/mol. The minimum atomic E-state index is 0.00921. The number of carbonyl (C=O) groups excluding carboxylic acids is 1. The molecule has 0 atom stereocenters. The van der Waals surface area contributed by atoms with Crippen LogP contribution in [0.15, 0.2) is 6.07 Å². The molecule has 0 spiro atoms. The molecule has 1 heterocycles. The van der Waals surface area contributed by atoms with Crippen LogP contribution in [0, 0.1) is 12.8 Å². The van der Waals surface area contributed by atoms with Gasteiger partial charge in [-0.1, -0.05) is 25.4 Å². The summed E-state index contributed by atoms with van der Waals surface area (Å²) in [6.07, 6.45) is 0. The Labute approximate surface area is 119 Å². The van der Waals surface area contributed by atoms with Crippen LogP contribution in [0.1, 0.15) is 25.4 Å². The third-order valence-electron chi connectivity index (χ3n) is 2.40. The zero-order valence-corrected chi connectivity index (χ0v) is 12.7. The maximum absolute atomic E-state index is 11.7. The first-order chi connectivity index (χ1) is 8.86. The van der Waals surface area contributed by atoms with Crippen molar-refractivity contribution in [1.82, 2.24) is 20.2 Å². The standard InChI is InChI=1S/C13H21ClN4O/c1-9(2)6-15-13(19)8-18(4)7-12-16-10(3)5-11(14)17-12/h5,9H,6-8H2,1-4H3,(H,15,19). The van der Waals surface area contributed by atoms with Crippen LogP contribution in [0.2, 0.25) is 5.15 Å². The van der Waals surface area contributed by atoms with Gasteiger partial charge in [0.25, 0.3) is 0 Å². The fourth-order valence-electron chi connectivity index (χ4n) is 1.58. The van der Waals surface area contributed by atoms with E-state index in [1.807, 2.05) is 18.9 Å². The predicted octanol–water partition coefficient (Wildman–Crippen LogP) is 1.64. The number of amides is 1. The molecule has 0 saturated heterocycles. The number of hydrogen-bond donors (Lipinski definition) is 1. The van der Waals surface area contributed by atoms with Crippen LogP contribution in [-0.2, 0) is 11.3 Å². The number of rotatable bonds is 6. The number of aromatic nitrogens is 2. The van der Waals surface area contributed by atoms with Crippen LogP contribution in [0.5, 0.6) is 0 Å². The molecule has 0 saturated carbocycles. The number of halogens is 1.